The molecule has 0 saturated carbocycles. The molecule has 2 N–H and O–H groups in total. The number of aryl methyl sites for hydroxylation is 2. The topological polar surface area (TPSA) is 36.0 Å². The van der Waals surface area contributed by atoms with Crippen LogP contribution in [-0.2, 0) is 0 Å². The third kappa shape index (κ3) is 0.811. The van der Waals surface area contributed by atoms with Crippen LogP contribution in [-0.4, -0.2) is 10.1 Å². The summed E-state index contributed by atoms with van der Waals surface area (Å²) in [4.78, 5) is 3.14. The Kier molecular flexibility index (Phi) is 1.37. The van der Waals surface area contributed by atoms with Crippen LogP contribution in [0.4, 0.5) is 0 Å². The van der Waals surface area contributed by atoms with E-state index in [1.165, 1.54) is 10.9 Å². The van der Waals surface area contributed by atoms with Crippen LogP contribution in [0.15, 0.2) is 18.3 Å². The predicted octanol–water partition coefficient (Wildman–Crippen LogP) is 2.49. The lowest BCUT2D eigenvalue weighted by Gasteiger charge is -1.99. The minimum atomic E-state index is 0.351. The third-order valence-corrected chi connectivity index (χ3v) is 2.29. The van der Waals surface area contributed by atoms with E-state index in [1.807, 2.05) is 19.2 Å². The zero-order chi connectivity index (χ0) is 8.72. The van der Waals surface area contributed by atoms with Gasteiger partial charge >= 0.3 is 0 Å². The molecular weight excluding hydrogens is 150 g/mol. The van der Waals surface area contributed by atoms with Gasteiger partial charge in [-0.05, 0) is 31.5 Å². The van der Waals surface area contributed by atoms with Crippen molar-refractivity contribution in [3.63, 3.8) is 0 Å². The standard InChI is InChI=1S/C10H11NO/c1-6-5-11-10-7(2)9(12)4-3-8(6)10/h3-5,11-12H,1-2H3. The summed E-state index contributed by atoms with van der Waals surface area (Å²) in [6, 6.07) is 3.67. The number of aromatic hydroxyl groups is 1. The Balaban J connectivity index is 2.93. The van der Waals surface area contributed by atoms with Crippen LogP contribution in [0.25, 0.3) is 10.9 Å². The van der Waals surface area contributed by atoms with E-state index in [2.05, 4.69) is 11.9 Å². The molecule has 0 aliphatic rings. The molecule has 0 spiro atoms. The van der Waals surface area contributed by atoms with E-state index in [4.69, 9.17) is 0 Å². The number of hydrogen-bond donors (Lipinski definition) is 2. The van der Waals surface area contributed by atoms with Crippen molar-refractivity contribution in [1.82, 2.24) is 4.98 Å². The second-order valence-corrected chi connectivity index (χ2v) is 3.10. The van der Waals surface area contributed by atoms with E-state index in [-0.39, 0.29) is 0 Å². The van der Waals surface area contributed by atoms with Crippen molar-refractivity contribution < 1.29 is 5.11 Å². The van der Waals surface area contributed by atoms with Gasteiger partial charge in [-0.3, -0.25) is 0 Å². The van der Waals surface area contributed by atoms with Crippen LogP contribution in [0.2, 0.25) is 0 Å². The third-order valence-electron chi connectivity index (χ3n) is 2.29. The molecule has 2 aromatic rings. The van der Waals surface area contributed by atoms with Crippen LogP contribution in [0.3, 0.4) is 0 Å². The molecule has 1 aromatic carbocycles. The molecule has 0 radical (unpaired) electrons. The van der Waals surface area contributed by atoms with Crippen molar-refractivity contribution in [2.24, 2.45) is 0 Å². The van der Waals surface area contributed by atoms with Gasteiger partial charge in [0.2, 0.25) is 0 Å². The quantitative estimate of drug-likeness (QED) is 0.611. The van der Waals surface area contributed by atoms with E-state index in [0.29, 0.717) is 5.75 Å². The molecule has 0 atom stereocenters. The van der Waals surface area contributed by atoms with E-state index < -0.39 is 0 Å². The highest BCUT2D eigenvalue weighted by Gasteiger charge is 2.04. The second kappa shape index (κ2) is 2.27. The highest BCUT2D eigenvalue weighted by atomic mass is 16.3. The molecule has 12 heavy (non-hydrogen) atoms. The van der Waals surface area contributed by atoms with Gasteiger partial charge in [-0.15, -0.1) is 0 Å². The lowest BCUT2D eigenvalue weighted by atomic mass is 10.1. The minimum Gasteiger partial charge on any atom is -0.508 e. The highest BCUT2D eigenvalue weighted by molar-refractivity contribution is 5.87. The molecule has 62 valence electrons. The molecule has 0 aliphatic carbocycles. The van der Waals surface area contributed by atoms with Gasteiger partial charge in [0, 0.05) is 17.1 Å². The normalized spacial score (nSPS) is 10.8. The molecule has 2 nitrogen and oxygen atoms in total. The number of hydrogen-bond acceptors (Lipinski definition) is 1. The molecule has 2 rings (SSSR count). The predicted molar refractivity (Wildman–Crippen MR) is 49.4 cm³/mol. The Morgan fingerprint density at radius 1 is 1.25 bits per heavy atom. The monoisotopic (exact) mass is 161 g/mol. The smallest absolute Gasteiger partial charge is 0.120 e. The molecule has 0 amide bonds. The summed E-state index contributed by atoms with van der Waals surface area (Å²) >= 11 is 0. The van der Waals surface area contributed by atoms with Crippen LogP contribution in [0.1, 0.15) is 11.1 Å². The van der Waals surface area contributed by atoms with Gasteiger partial charge in [0.15, 0.2) is 0 Å². The first kappa shape index (κ1) is 7.22. The summed E-state index contributed by atoms with van der Waals surface area (Å²) in [5, 5.41) is 10.6. The molecule has 1 aromatic heterocycles. The average Bonchev–Trinajstić information content (AvgIpc) is 2.41. The summed E-state index contributed by atoms with van der Waals surface area (Å²) in [7, 11) is 0. The van der Waals surface area contributed by atoms with Crippen LogP contribution in [0, 0.1) is 13.8 Å². The Morgan fingerprint density at radius 3 is 2.75 bits per heavy atom. The summed E-state index contributed by atoms with van der Waals surface area (Å²) < 4.78 is 0. The highest BCUT2D eigenvalue weighted by Crippen LogP contribution is 2.26. The zero-order valence-electron chi connectivity index (χ0n) is 7.18. The first-order valence-electron chi connectivity index (χ1n) is 3.96. The summed E-state index contributed by atoms with van der Waals surface area (Å²) in [6.07, 6.45) is 1.96. The van der Waals surface area contributed by atoms with Gasteiger partial charge in [-0.1, -0.05) is 0 Å². The Labute approximate surface area is 70.8 Å². The largest absolute Gasteiger partial charge is 0.508 e. The number of rotatable bonds is 0. The van der Waals surface area contributed by atoms with Crippen LogP contribution in [0.5, 0.6) is 5.75 Å². The maximum absolute atomic E-state index is 9.41. The molecule has 0 bridgehead atoms. The average molecular weight is 161 g/mol. The molecule has 0 fully saturated rings. The van der Waals surface area contributed by atoms with Gasteiger partial charge < -0.3 is 10.1 Å². The SMILES string of the molecule is Cc1c[nH]c2c(C)c(O)ccc12. The van der Waals surface area contributed by atoms with E-state index in [1.54, 1.807) is 6.07 Å². The van der Waals surface area contributed by atoms with Crippen molar-refractivity contribution in [3.05, 3.63) is 29.5 Å². The fraction of sp³-hybridized carbons (Fsp3) is 0.200. The number of aromatic amines is 1. The lowest BCUT2D eigenvalue weighted by Crippen LogP contribution is -1.77. The number of nitrogens with one attached hydrogen (secondary N) is 1. The fourth-order valence-electron chi connectivity index (χ4n) is 1.47. The van der Waals surface area contributed by atoms with Crippen LogP contribution < -0.4 is 0 Å². The Hall–Kier alpha value is -1.44. The molecule has 0 saturated heterocycles. The van der Waals surface area contributed by atoms with Gasteiger partial charge in [0.1, 0.15) is 5.75 Å². The number of benzene rings is 1. The van der Waals surface area contributed by atoms with Gasteiger partial charge in [0.05, 0.1) is 5.52 Å². The Morgan fingerprint density at radius 2 is 2.00 bits per heavy atom. The summed E-state index contributed by atoms with van der Waals surface area (Å²) in [5.41, 5.74) is 3.17. The van der Waals surface area contributed by atoms with Gasteiger partial charge in [0.25, 0.3) is 0 Å². The van der Waals surface area contributed by atoms with Gasteiger partial charge in [-0.2, -0.15) is 0 Å². The maximum Gasteiger partial charge on any atom is 0.120 e. The van der Waals surface area contributed by atoms with Crippen molar-refractivity contribution in [1.29, 1.82) is 0 Å². The van der Waals surface area contributed by atoms with E-state index in [0.717, 1.165) is 11.1 Å². The maximum atomic E-state index is 9.41. The van der Waals surface area contributed by atoms with Crippen molar-refractivity contribution in [2.45, 2.75) is 13.8 Å². The first-order chi connectivity index (χ1) is 5.70. The zero-order valence-corrected chi connectivity index (χ0v) is 7.18. The number of fused-ring (bicyclic) bond motifs is 1. The number of H-pyrrole nitrogens is 1. The summed E-state index contributed by atoms with van der Waals surface area (Å²) in [6.45, 7) is 3.96. The van der Waals surface area contributed by atoms with E-state index in [9.17, 15) is 5.11 Å². The number of aromatic nitrogens is 1. The second-order valence-electron chi connectivity index (χ2n) is 3.10. The Bertz CT molecular complexity index is 429. The number of phenolic OH excluding ortho intramolecular Hbond substituents is 1. The summed E-state index contributed by atoms with van der Waals surface area (Å²) in [5.74, 6) is 0.351. The molecule has 0 aliphatic heterocycles. The van der Waals surface area contributed by atoms with Crippen molar-refractivity contribution in [3.8, 4) is 5.75 Å². The van der Waals surface area contributed by atoms with Crippen molar-refractivity contribution in [2.75, 3.05) is 0 Å². The van der Waals surface area contributed by atoms with Gasteiger partial charge in [-0.25, -0.2) is 0 Å². The molecule has 2 heteroatoms. The number of phenols is 1. The molecule has 1 heterocycles. The van der Waals surface area contributed by atoms with E-state index >= 15 is 0 Å². The fourth-order valence-corrected chi connectivity index (χ4v) is 1.47. The van der Waals surface area contributed by atoms with Crippen molar-refractivity contribution >= 4 is 10.9 Å². The minimum absolute atomic E-state index is 0.351. The molecular formula is C10H11NO. The molecule has 0 unspecified atom stereocenters. The van der Waals surface area contributed by atoms with Crippen LogP contribution >= 0.6 is 0 Å². The first-order valence-corrected chi connectivity index (χ1v) is 3.96. The lowest BCUT2D eigenvalue weighted by molar-refractivity contribution is 0.472.